The first-order valence-electron chi connectivity index (χ1n) is 4.41. The van der Waals surface area contributed by atoms with E-state index in [1.165, 1.54) is 25.7 Å². The molecule has 0 aliphatic heterocycles. The van der Waals surface area contributed by atoms with Crippen molar-refractivity contribution in [1.29, 1.82) is 0 Å². The van der Waals surface area contributed by atoms with Gasteiger partial charge >= 0.3 is 0 Å². The molecule has 2 bridgehead atoms. The molecule has 0 N–H and O–H groups in total. The third-order valence-electron chi connectivity index (χ3n) is 3.38. The van der Waals surface area contributed by atoms with Gasteiger partial charge in [0.15, 0.2) is 0 Å². The lowest BCUT2D eigenvalue weighted by Gasteiger charge is -2.23. The molecule has 0 radical (unpaired) electrons. The van der Waals surface area contributed by atoms with Crippen molar-refractivity contribution in [2.75, 3.05) is 0 Å². The zero-order valence-electron chi connectivity index (χ0n) is 6.52. The van der Waals surface area contributed by atoms with Crippen molar-refractivity contribution in [1.82, 2.24) is 0 Å². The molecule has 0 heterocycles. The van der Waals surface area contributed by atoms with Crippen molar-refractivity contribution in [3.05, 3.63) is 0 Å². The van der Waals surface area contributed by atoms with Crippen LogP contribution in [0.5, 0.6) is 0 Å². The summed E-state index contributed by atoms with van der Waals surface area (Å²) in [5.74, 6) is 2.91. The molecule has 2 saturated carbocycles. The van der Waals surface area contributed by atoms with Crippen molar-refractivity contribution in [2.24, 2.45) is 17.8 Å². The van der Waals surface area contributed by atoms with Crippen LogP contribution in [0.4, 0.5) is 0 Å². The van der Waals surface area contributed by atoms with Crippen LogP contribution in [0.2, 0.25) is 0 Å². The number of halogens is 1. The van der Waals surface area contributed by atoms with Crippen LogP contribution in [0.25, 0.3) is 0 Å². The summed E-state index contributed by atoms with van der Waals surface area (Å²) in [4.78, 5) is 0. The van der Waals surface area contributed by atoms with Crippen molar-refractivity contribution in [3.63, 3.8) is 0 Å². The second-order valence-electron chi connectivity index (χ2n) is 4.02. The van der Waals surface area contributed by atoms with E-state index in [9.17, 15) is 0 Å². The first-order valence-corrected chi connectivity index (χ1v) is 4.85. The molecule has 2 aliphatic rings. The summed E-state index contributed by atoms with van der Waals surface area (Å²) in [6.45, 7) is 2.16. The Hall–Kier alpha value is 0.290. The van der Waals surface area contributed by atoms with Crippen LogP contribution in [0.1, 0.15) is 32.6 Å². The molecule has 4 unspecified atom stereocenters. The minimum atomic E-state index is 0.426. The predicted octanol–water partition coefficient (Wildman–Crippen LogP) is 3.05. The largest absolute Gasteiger partial charge is 0.123 e. The van der Waals surface area contributed by atoms with Gasteiger partial charge in [-0.1, -0.05) is 6.42 Å². The summed E-state index contributed by atoms with van der Waals surface area (Å²) in [7, 11) is 0. The molecule has 2 fully saturated rings. The van der Waals surface area contributed by atoms with E-state index >= 15 is 0 Å². The molecular weight excluding hydrogens is 144 g/mol. The van der Waals surface area contributed by atoms with Gasteiger partial charge in [-0.3, -0.25) is 0 Å². The number of hydrogen-bond acceptors (Lipinski definition) is 0. The molecule has 0 aromatic heterocycles. The minimum absolute atomic E-state index is 0.426. The molecule has 2 aliphatic carbocycles. The third kappa shape index (κ3) is 0.972. The van der Waals surface area contributed by atoms with Gasteiger partial charge in [0.25, 0.3) is 0 Å². The maximum atomic E-state index is 6.08. The molecule has 0 saturated heterocycles. The Balaban J connectivity index is 2.02. The fourth-order valence-electron chi connectivity index (χ4n) is 2.86. The van der Waals surface area contributed by atoms with Crippen LogP contribution in [0, 0.1) is 17.8 Å². The van der Waals surface area contributed by atoms with E-state index in [4.69, 9.17) is 11.6 Å². The molecule has 0 aromatic carbocycles. The van der Waals surface area contributed by atoms with Crippen molar-refractivity contribution in [3.8, 4) is 0 Å². The van der Waals surface area contributed by atoms with Gasteiger partial charge in [-0.2, -0.15) is 0 Å². The third-order valence-corrected chi connectivity index (χ3v) is 3.71. The molecule has 0 amide bonds. The molecule has 10 heavy (non-hydrogen) atoms. The summed E-state index contributed by atoms with van der Waals surface area (Å²) < 4.78 is 0. The van der Waals surface area contributed by atoms with Crippen LogP contribution in [0.3, 0.4) is 0 Å². The quantitative estimate of drug-likeness (QED) is 0.515. The second-order valence-corrected chi connectivity index (χ2v) is 4.70. The zero-order valence-corrected chi connectivity index (χ0v) is 7.27. The number of fused-ring (bicyclic) bond motifs is 2. The van der Waals surface area contributed by atoms with E-state index < -0.39 is 0 Å². The fraction of sp³-hybridized carbons (Fsp3) is 1.00. The van der Waals surface area contributed by atoms with Gasteiger partial charge in [-0.05, 0) is 43.9 Å². The lowest BCUT2D eigenvalue weighted by molar-refractivity contribution is 0.329. The lowest BCUT2D eigenvalue weighted by Crippen LogP contribution is -2.18. The fourth-order valence-corrected chi connectivity index (χ4v) is 3.17. The Morgan fingerprint density at radius 2 is 2.10 bits per heavy atom. The Kier molecular flexibility index (Phi) is 1.68. The molecule has 2 rings (SSSR count). The van der Waals surface area contributed by atoms with Crippen LogP contribution in [-0.2, 0) is 0 Å². The molecule has 58 valence electrons. The molecule has 0 spiro atoms. The van der Waals surface area contributed by atoms with Gasteiger partial charge in [0.05, 0.1) is 0 Å². The highest BCUT2D eigenvalue weighted by Crippen LogP contribution is 2.50. The maximum Gasteiger partial charge on any atom is 0.0338 e. The average Bonchev–Trinajstić information content (AvgIpc) is 2.44. The monoisotopic (exact) mass is 158 g/mol. The van der Waals surface area contributed by atoms with Crippen LogP contribution >= 0.6 is 11.6 Å². The lowest BCUT2D eigenvalue weighted by atomic mass is 9.87. The summed E-state index contributed by atoms with van der Waals surface area (Å²) in [5.41, 5.74) is 0. The van der Waals surface area contributed by atoms with Gasteiger partial charge in [0.2, 0.25) is 0 Å². The Morgan fingerprint density at radius 1 is 1.30 bits per heavy atom. The first kappa shape index (κ1) is 6.97. The predicted molar refractivity (Wildman–Crippen MR) is 44.3 cm³/mol. The van der Waals surface area contributed by atoms with E-state index in [1.807, 2.05) is 0 Å². The Labute approximate surface area is 68.0 Å². The van der Waals surface area contributed by atoms with Crippen LogP contribution in [0.15, 0.2) is 0 Å². The van der Waals surface area contributed by atoms with Crippen molar-refractivity contribution < 1.29 is 0 Å². The van der Waals surface area contributed by atoms with Crippen LogP contribution < -0.4 is 0 Å². The zero-order chi connectivity index (χ0) is 7.14. The van der Waals surface area contributed by atoms with Gasteiger partial charge < -0.3 is 0 Å². The van der Waals surface area contributed by atoms with Gasteiger partial charge in [-0.15, -0.1) is 11.6 Å². The molecular formula is C9H15Cl. The van der Waals surface area contributed by atoms with E-state index in [0.717, 1.165) is 17.8 Å². The number of hydrogen-bond donors (Lipinski definition) is 0. The summed E-state index contributed by atoms with van der Waals surface area (Å²) in [5, 5.41) is 0.426. The van der Waals surface area contributed by atoms with Crippen molar-refractivity contribution >= 4 is 11.6 Å². The summed E-state index contributed by atoms with van der Waals surface area (Å²) in [6.07, 6.45) is 5.87. The molecule has 0 aromatic rings. The summed E-state index contributed by atoms with van der Waals surface area (Å²) >= 11 is 6.08. The standard InChI is InChI=1S/C9H15Cl/c1-6(10)9-5-7-2-3-8(9)4-7/h6-9H,2-5H2,1H3. The first-order chi connectivity index (χ1) is 4.77. The van der Waals surface area contributed by atoms with E-state index in [1.54, 1.807) is 0 Å². The smallest absolute Gasteiger partial charge is 0.0338 e. The highest BCUT2D eigenvalue weighted by Gasteiger charge is 2.41. The van der Waals surface area contributed by atoms with E-state index in [-0.39, 0.29) is 0 Å². The van der Waals surface area contributed by atoms with Gasteiger partial charge in [0.1, 0.15) is 0 Å². The molecule has 0 nitrogen and oxygen atoms in total. The Morgan fingerprint density at radius 3 is 2.40 bits per heavy atom. The topological polar surface area (TPSA) is 0 Å². The van der Waals surface area contributed by atoms with E-state index in [2.05, 4.69) is 6.92 Å². The Bertz CT molecular complexity index is 131. The maximum absolute atomic E-state index is 6.08. The molecule has 1 heteroatoms. The summed E-state index contributed by atoms with van der Waals surface area (Å²) in [6, 6.07) is 0. The highest BCUT2D eigenvalue weighted by atomic mass is 35.5. The van der Waals surface area contributed by atoms with Gasteiger partial charge in [-0.25, -0.2) is 0 Å². The van der Waals surface area contributed by atoms with Crippen molar-refractivity contribution in [2.45, 2.75) is 38.0 Å². The normalized spacial score (nSPS) is 48.0. The van der Waals surface area contributed by atoms with Gasteiger partial charge in [0, 0.05) is 5.38 Å². The second kappa shape index (κ2) is 2.41. The minimum Gasteiger partial charge on any atom is -0.123 e. The molecule has 4 atom stereocenters. The number of alkyl halides is 1. The SMILES string of the molecule is CC(Cl)C1CC2CCC1C2. The van der Waals surface area contributed by atoms with Crippen LogP contribution in [-0.4, -0.2) is 5.38 Å². The number of rotatable bonds is 1. The van der Waals surface area contributed by atoms with E-state index in [0.29, 0.717) is 5.38 Å². The highest BCUT2D eigenvalue weighted by molar-refractivity contribution is 6.20. The average molecular weight is 159 g/mol.